The molecule has 27 heavy (non-hydrogen) atoms. The van der Waals surface area contributed by atoms with Crippen LogP contribution in [-0.2, 0) is 0 Å². The topological polar surface area (TPSA) is 61.5 Å². The third-order valence-corrected chi connectivity index (χ3v) is 4.72. The first-order valence-electron chi connectivity index (χ1n) is 8.13. The van der Waals surface area contributed by atoms with Crippen molar-refractivity contribution < 1.29 is 4.74 Å². The van der Waals surface area contributed by atoms with Crippen LogP contribution in [0.5, 0.6) is 10.8 Å². The highest BCUT2D eigenvalue weighted by atomic mass is 35.5. The van der Waals surface area contributed by atoms with Crippen molar-refractivity contribution in [2.45, 2.75) is 6.92 Å². The van der Waals surface area contributed by atoms with E-state index in [4.69, 9.17) is 16.3 Å². The largest absolute Gasteiger partial charge is 0.443 e. The van der Waals surface area contributed by atoms with Crippen LogP contribution in [-0.4, -0.2) is 29.7 Å². The number of halogens is 1. The van der Waals surface area contributed by atoms with Gasteiger partial charge in [0.1, 0.15) is 23.1 Å². The zero-order valence-electron chi connectivity index (χ0n) is 15.1. The van der Waals surface area contributed by atoms with Gasteiger partial charge < -0.3 is 9.64 Å². The van der Waals surface area contributed by atoms with Gasteiger partial charge in [0.25, 0.3) is 0 Å². The van der Waals surface area contributed by atoms with Gasteiger partial charge in [0.2, 0.25) is 5.06 Å². The normalized spacial score (nSPS) is 10.8. The molecule has 136 valence electrons. The molecule has 0 radical (unpaired) electrons. The Morgan fingerprint density at radius 2 is 2.00 bits per heavy atom. The molecule has 0 fully saturated rings. The van der Waals surface area contributed by atoms with E-state index in [2.05, 4.69) is 15.4 Å². The molecule has 1 aromatic heterocycles. The van der Waals surface area contributed by atoms with Crippen LogP contribution in [0.15, 0.2) is 47.5 Å². The maximum absolute atomic E-state index is 9.60. The standard InChI is InChI=1S/C20H17ClN4OS/c1-13-9-17(23-12-25(2)3)16(21)10-18(13)26-20-15(11-22)19(24-27-20)14-7-5-4-6-8-14/h4-10,12H,1-3H3. The van der Waals surface area contributed by atoms with Crippen LogP contribution in [0, 0.1) is 18.3 Å². The van der Waals surface area contributed by atoms with E-state index in [0.717, 1.165) is 22.7 Å². The van der Waals surface area contributed by atoms with Crippen LogP contribution in [0.4, 0.5) is 5.69 Å². The Morgan fingerprint density at radius 1 is 1.26 bits per heavy atom. The predicted molar refractivity (Wildman–Crippen MR) is 110 cm³/mol. The Balaban J connectivity index is 1.94. The molecule has 0 unspecified atom stereocenters. The van der Waals surface area contributed by atoms with Crippen molar-refractivity contribution in [1.82, 2.24) is 9.27 Å². The van der Waals surface area contributed by atoms with Gasteiger partial charge in [-0.2, -0.15) is 9.64 Å². The van der Waals surface area contributed by atoms with Gasteiger partial charge >= 0.3 is 0 Å². The summed E-state index contributed by atoms with van der Waals surface area (Å²) in [6.07, 6.45) is 1.68. The number of aryl methyl sites for hydroxylation is 1. The molecule has 0 saturated heterocycles. The molecule has 1 heterocycles. The first kappa shape index (κ1) is 18.9. The Hall–Kier alpha value is -2.88. The molecule has 0 atom stereocenters. The van der Waals surface area contributed by atoms with Crippen molar-refractivity contribution in [2.75, 3.05) is 14.1 Å². The third kappa shape index (κ3) is 4.27. The summed E-state index contributed by atoms with van der Waals surface area (Å²) in [5, 5.41) is 10.5. The van der Waals surface area contributed by atoms with E-state index in [-0.39, 0.29) is 0 Å². The number of benzene rings is 2. The van der Waals surface area contributed by atoms with Crippen molar-refractivity contribution in [3.05, 3.63) is 58.6 Å². The summed E-state index contributed by atoms with van der Waals surface area (Å²) >= 11 is 7.49. The lowest BCUT2D eigenvalue weighted by atomic mass is 10.1. The van der Waals surface area contributed by atoms with E-state index in [0.29, 0.717) is 32.8 Å². The SMILES string of the molecule is Cc1cc(N=CN(C)C)c(Cl)cc1Oc1snc(-c2ccccc2)c1C#N. The zero-order chi connectivity index (χ0) is 19.4. The Morgan fingerprint density at radius 3 is 2.67 bits per heavy atom. The molecule has 5 nitrogen and oxygen atoms in total. The number of nitrogens with zero attached hydrogens (tertiary/aromatic N) is 4. The van der Waals surface area contributed by atoms with E-state index in [9.17, 15) is 5.26 Å². The van der Waals surface area contributed by atoms with Crippen molar-refractivity contribution in [3.63, 3.8) is 0 Å². The minimum atomic E-state index is 0.413. The number of aliphatic imine (C=N–C) groups is 1. The Kier molecular flexibility index (Phi) is 5.75. The molecule has 0 amide bonds. The molecule has 0 bridgehead atoms. The second kappa shape index (κ2) is 8.21. The molecule has 3 aromatic rings. The second-order valence-electron chi connectivity index (χ2n) is 6.05. The fourth-order valence-electron chi connectivity index (χ4n) is 2.37. The molecule has 0 N–H and O–H groups in total. The minimum absolute atomic E-state index is 0.413. The van der Waals surface area contributed by atoms with Gasteiger partial charge in [-0.3, -0.25) is 0 Å². The fraction of sp³-hybridized carbons (Fsp3) is 0.150. The summed E-state index contributed by atoms with van der Waals surface area (Å²) in [5.41, 5.74) is 3.43. The summed E-state index contributed by atoms with van der Waals surface area (Å²) in [5.74, 6) is 0.573. The van der Waals surface area contributed by atoms with Gasteiger partial charge in [-0.25, -0.2) is 4.99 Å². The molecule has 0 spiro atoms. The van der Waals surface area contributed by atoms with Gasteiger partial charge in [-0.15, -0.1) is 0 Å². The van der Waals surface area contributed by atoms with Gasteiger partial charge in [-0.05, 0) is 18.6 Å². The van der Waals surface area contributed by atoms with Crippen molar-refractivity contribution in [3.8, 4) is 28.1 Å². The van der Waals surface area contributed by atoms with Crippen molar-refractivity contribution in [1.29, 1.82) is 5.26 Å². The molecule has 0 aliphatic heterocycles. The lowest BCUT2D eigenvalue weighted by Gasteiger charge is -2.10. The summed E-state index contributed by atoms with van der Waals surface area (Å²) in [6.45, 7) is 1.91. The lowest BCUT2D eigenvalue weighted by Crippen LogP contribution is -2.07. The van der Waals surface area contributed by atoms with E-state index >= 15 is 0 Å². The molecular formula is C20H17ClN4OS. The molecular weight excluding hydrogens is 380 g/mol. The van der Waals surface area contributed by atoms with Gasteiger partial charge in [0.15, 0.2) is 0 Å². The summed E-state index contributed by atoms with van der Waals surface area (Å²) in [7, 11) is 3.78. The quantitative estimate of drug-likeness (QED) is 0.412. The highest BCUT2D eigenvalue weighted by Gasteiger charge is 2.18. The maximum Gasteiger partial charge on any atom is 0.218 e. The number of hydrogen-bond donors (Lipinski definition) is 0. The lowest BCUT2D eigenvalue weighted by molar-refractivity contribution is 0.491. The highest BCUT2D eigenvalue weighted by Crippen LogP contribution is 2.39. The molecule has 7 heteroatoms. The fourth-order valence-corrected chi connectivity index (χ4v) is 3.30. The zero-order valence-corrected chi connectivity index (χ0v) is 16.7. The molecule has 3 rings (SSSR count). The first-order chi connectivity index (χ1) is 13.0. The Bertz CT molecular complexity index is 1020. The van der Waals surface area contributed by atoms with E-state index in [1.54, 1.807) is 12.4 Å². The summed E-state index contributed by atoms with van der Waals surface area (Å²) in [6, 6.07) is 15.3. The average Bonchev–Trinajstić information content (AvgIpc) is 3.06. The minimum Gasteiger partial charge on any atom is -0.443 e. The van der Waals surface area contributed by atoms with Crippen LogP contribution in [0.1, 0.15) is 11.1 Å². The Labute approximate surface area is 167 Å². The van der Waals surface area contributed by atoms with Crippen molar-refractivity contribution >= 4 is 35.2 Å². The third-order valence-electron chi connectivity index (χ3n) is 3.69. The van der Waals surface area contributed by atoms with Crippen LogP contribution in [0.2, 0.25) is 5.02 Å². The second-order valence-corrected chi connectivity index (χ2v) is 7.19. The average molecular weight is 397 g/mol. The van der Waals surface area contributed by atoms with Crippen molar-refractivity contribution in [2.24, 2.45) is 4.99 Å². The molecule has 0 aliphatic carbocycles. The van der Waals surface area contributed by atoms with Gasteiger partial charge in [-0.1, -0.05) is 41.9 Å². The van der Waals surface area contributed by atoms with E-state index < -0.39 is 0 Å². The van der Waals surface area contributed by atoms with Crippen LogP contribution >= 0.6 is 23.1 Å². The summed E-state index contributed by atoms with van der Waals surface area (Å²) in [4.78, 5) is 6.17. The first-order valence-corrected chi connectivity index (χ1v) is 9.28. The smallest absolute Gasteiger partial charge is 0.218 e. The van der Waals surface area contributed by atoms with E-state index in [1.807, 2.05) is 62.3 Å². The molecule has 0 saturated carbocycles. The maximum atomic E-state index is 9.60. The number of nitriles is 1. The van der Waals surface area contributed by atoms with Crippen LogP contribution in [0.25, 0.3) is 11.3 Å². The summed E-state index contributed by atoms with van der Waals surface area (Å²) < 4.78 is 10.4. The number of hydrogen-bond acceptors (Lipinski definition) is 5. The number of ether oxygens (including phenoxy) is 1. The van der Waals surface area contributed by atoms with Gasteiger partial charge in [0, 0.05) is 37.3 Å². The van der Waals surface area contributed by atoms with Crippen LogP contribution in [0.3, 0.4) is 0 Å². The van der Waals surface area contributed by atoms with E-state index in [1.165, 1.54) is 0 Å². The molecule has 0 aliphatic rings. The number of rotatable bonds is 5. The highest BCUT2D eigenvalue weighted by molar-refractivity contribution is 7.08. The monoisotopic (exact) mass is 396 g/mol. The van der Waals surface area contributed by atoms with Gasteiger partial charge in [0.05, 0.1) is 17.0 Å². The number of aromatic nitrogens is 1. The van der Waals surface area contributed by atoms with Crippen LogP contribution < -0.4 is 4.74 Å². The predicted octanol–water partition coefficient (Wildman–Crippen LogP) is 5.66. The molecule has 2 aromatic carbocycles.